The van der Waals surface area contributed by atoms with Crippen LogP contribution in [0, 0.1) is 0 Å². The van der Waals surface area contributed by atoms with E-state index < -0.39 is 0 Å². The molecule has 268 valence electrons. The summed E-state index contributed by atoms with van der Waals surface area (Å²) in [5, 5.41) is 4.66. The van der Waals surface area contributed by atoms with Gasteiger partial charge in [-0.3, -0.25) is 0 Å². The van der Waals surface area contributed by atoms with E-state index in [1.807, 2.05) is 48.5 Å². The van der Waals surface area contributed by atoms with E-state index in [1.54, 1.807) is 0 Å². The van der Waals surface area contributed by atoms with Gasteiger partial charge in [0.15, 0.2) is 5.58 Å². The Bertz CT molecular complexity index is 3240. The highest BCUT2D eigenvalue weighted by Crippen LogP contribution is 2.42. The maximum Gasteiger partial charge on any atom is 0.227 e. The molecule has 0 unspecified atom stereocenters. The Hall–Kier alpha value is -7.69. The molecule has 0 aliphatic rings. The van der Waals surface area contributed by atoms with Gasteiger partial charge in [0.2, 0.25) is 5.89 Å². The summed E-state index contributed by atoms with van der Waals surface area (Å²) in [6.07, 6.45) is 0. The molecule has 2 heterocycles. The third kappa shape index (κ3) is 5.83. The van der Waals surface area contributed by atoms with Crippen LogP contribution in [0.2, 0.25) is 0 Å². The van der Waals surface area contributed by atoms with Crippen molar-refractivity contribution >= 4 is 60.9 Å². The van der Waals surface area contributed by atoms with Crippen LogP contribution in [0.25, 0.3) is 88.6 Å². The number of nitrogens with zero attached hydrogens (tertiary/aromatic N) is 2. The van der Waals surface area contributed by atoms with E-state index in [1.165, 1.54) is 16.3 Å². The number of fused-ring (bicyclic) bond motifs is 5. The fourth-order valence-corrected chi connectivity index (χ4v) is 8.07. The number of furan rings is 1. The Morgan fingerprint density at radius 1 is 0.351 bits per heavy atom. The number of para-hydroxylation sites is 1. The van der Waals surface area contributed by atoms with Crippen LogP contribution < -0.4 is 4.90 Å². The van der Waals surface area contributed by atoms with E-state index in [9.17, 15) is 0 Å². The van der Waals surface area contributed by atoms with Crippen molar-refractivity contribution in [3.8, 4) is 44.8 Å². The maximum absolute atomic E-state index is 6.63. The van der Waals surface area contributed by atoms with Gasteiger partial charge in [-0.2, -0.15) is 0 Å². The van der Waals surface area contributed by atoms with Gasteiger partial charge >= 0.3 is 0 Å². The Labute approximate surface area is 329 Å². The van der Waals surface area contributed by atoms with E-state index in [2.05, 4.69) is 163 Å². The van der Waals surface area contributed by atoms with E-state index in [-0.39, 0.29) is 0 Å². The van der Waals surface area contributed by atoms with Gasteiger partial charge in [0.25, 0.3) is 0 Å². The molecule has 0 N–H and O–H groups in total. The summed E-state index contributed by atoms with van der Waals surface area (Å²) in [5.74, 6) is 0.602. The SMILES string of the molecule is c1ccc(-c2nc3c(-c4ccccc4)ccc(-c4ccc(N(c5cccc(-c6ccc7ccccc7c6)c5)c5ccc6c(c5)oc5ccccc56)cc4)c3o2)cc1. The van der Waals surface area contributed by atoms with E-state index >= 15 is 0 Å². The molecular formula is C53H34N2O2. The number of anilines is 3. The van der Waals surface area contributed by atoms with Crippen molar-refractivity contribution in [2.75, 3.05) is 4.90 Å². The molecule has 4 nitrogen and oxygen atoms in total. The first-order chi connectivity index (χ1) is 28.2. The fraction of sp³-hybridized carbons (Fsp3) is 0. The minimum Gasteiger partial charge on any atom is -0.456 e. The quantitative estimate of drug-likeness (QED) is 0.164. The molecule has 11 aromatic rings. The van der Waals surface area contributed by atoms with Crippen molar-refractivity contribution in [3.63, 3.8) is 0 Å². The molecule has 0 aliphatic heterocycles. The summed E-state index contributed by atoms with van der Waals surface area (Å²) in [6.45, 7) is 0. The predicted octanol–water partition coefficient (Wildman–Crippen LogP) is 15.0. The second-order valence-corrected chi connectivity index (χ2v) is 14.4. The normalized spacial score (nSPS) is 11.5. The molecule has 0 aliphatic carbocycles. The highest BCUT2D eigenvalue weighted by atomic mass is 16.3. The molecule has 11 rings (SSSR count). The van der Waals surface area contributed by atoms with E-state index in [0.717, 1.165) is 83.5 Å². The second kappa shape index (κ2) is 13.6. The van der Waals surface area contributed by atoms with Gasteiger partial charge in [0, 0.05) is 50.6 Å². The lowest BCUT2D eigenvalue weighted by Crippen LogP contribution is -2.10. The summed E-state index contributed by atoms with van der Waals surface area (Å²) < 4.78 is 13.0. The maximum atomic E-state index is 6.63. The van der Waals surface area contributed by atoms with Crippen LogP contribution in [0.4, 0.5) is 17.1 Å². The molecule has 0 saturated heterocycles. The third-order valence-electron chi connectivity index (χ3n) is 10.9. The summed E-state index contributed by atoms with van der Waals surface area (Å²) in [7, 11) is 0. The van der Waals surface area contributed by atoms with Crippen LogP contribution in [0.1, 0.15) is 0 Å². The zero-order valence-corrected chi connectivity index (χ0v) is 30.8. The first kappa shape index (κ1) is 32.7. The molecule has 57 heavy (non-hydrogen) atoms. The molecule has 4 heteroatoms. The van der Waals surface area contributed by atoms with Crippen LogP contribution in [0.15, 0.2) is 215 Å². The van der Waals surface area contributed by atoms with Gasteiger partial charge in [-0.15, -0.1) is 0 Å². The van der Waals surface area contributed by atoms with Gasteiger partial charge in [-0.05, 0) is 99.8 Å². The standard InChI is InChI=1S/C53H34N2O2/c1-3-13-36(14-4-1)45-30-31-46(52-51(45)54-53(57-52)38-15-5-2-6-16-38)37-24-26-42(27-25-37)55(44-28-29-48-47-20-9-10-21-49(47)56-50(48)34-44)43-19-11-18-40(33-43)41-23-22-35-12-7-8-17-39(35)32-41/h1-34H. The Morgan fingerprint density at radius 2 is 0.965 bits per heavy atom. The average Bonchev–Trinajstić information content (AvgIpc) is 3.90. The predicted molar refractivity (Wildman–Crippen MR) is 235 cm³/mol. The summed E-state index contributed by atoms with van der Waals surface area (Å²) in [5.41, 5.74) is 13.8. The van der Waals surface area contributed by atoms with Crippen LogP contribution >= 0.6 is 0 Å². The van der Waals surface area contributed by atoms with Gasteiger partial charge in [0.05, 0.1) is 0 Å². The zero-order chi connectivity index (χ0) is 37.7. The smallest absolute Gasteiger partial charge is 0.227 e. The largest absolute Gasteiger partial charge is 0.456 e. The van der Waals surface area contributed by atoms with Crippen LogP contribution in [0.5, 0.6) is 0 Å². The summed E-state index contributed by atoms with van der Waals surface area (Å²) in [4.78, 5) is 7.38. The molecular weight excluding hydrogens is 697 g/mol. The van der Waals surface area contributed by atoms with Gasteiger partial charge < -0.3 is 13.7 Å². The lowest BCUT2D eigenvalue weighted by Gasteiger charge is -2.26. The summed E-state index contributed by atoms with van der Waals surface area (Å²) >= 11 is 0. The molecule has 0 bridgehead atoms. The molecule has 0 radical (unpaired) electrons. The van der Waals surface area contributed by atoms with E-state index in [0.29, 0.717) is 5.89 Å². The zero-order valence-electron chi connectivity index (χ0n) is 30.8. The minimum absolute atomic E-state index is 0.602. The number of rotatable bonds is 7. The number of aromatic nitrogens is 1. The number of benzene rings is 9. The van der Waals surface area contributed by atoms with E-state index in [4.69, 9.17) is 13.8 Å². The molecule has 0 spiro atoms. The Morgan fingerprint density at radius 3 is 1.81 bits per heavy atom. The monoisotopic (exact) mass is 730 g/mol. The Balaban J connectivity index is 1.04. The van der Waals surface area contributed by atoms with Gasteiger partial charge in [-0.1, -0.05) is 133 Å². The fourth-order valence-electron chi connectivity index (χ4n) is 8.07. The van der Waals surface area contributed by atoms with Gasteiger partial charge in [0.1, 0.15) is 16.7 Å². The lowest BCUT2D eigenvalue weighted by atomic mass is 9.98. The first-order valence-electron chi connectivity index (χ1n) is 19.2. The van der Waals surface area contributed by atoms with Crippen molar-refractivity contribution in [2.45, 2.75) is 0 Å². The lowest BCUT2D eigenvalue weighted by molar-refractivity contribution is 0.621. The first-order valence-corrected chi connectivity index (χ1v) is 19.2. The molecule has 9 aromatic carbocycles. The number of hydrogen-bond donors (Lipinski definition) is 0. The van der Waals surface area contributed by atoms with Crippen molar-refractivity contribution in [3.05, 3.63) is 206 Å². The van der Waals surface area contributed by atoms with Crippen molar-refractivity contribution < 1.29 is 8.83 Å². The highest BCUT2D eigenvalue weighted by Gasteiger charge is 2.20. The van der Waals surface area contributed by atoms with Crippen LogP contribution in [-0.4, -0.2) is 4.98 Å². The molecule has 0 fully saturated rings. The van der Waals surface area contributed by atoms with Crippen LogP contribution in [0.3, 0.4) is 0 Å². The van der Waals surface area contributed by atoms with Crippen molar-refractivity contribution in [2.24, 2.45) is 0 Å². The number of oxazole rings is 1. The van der Waals surface area contributed by atoms with Gasteiger partial charge in [-0.25, -0.2) is 4.98 Å². The summed E-state index contributed by atoms with van der Waals surface area (Å²) in [6, 6.07) is 72.2. The number of hydrogen-bond acceptors (Lipinski definition) is 4. The molecule has 0 amide bonds. The molecule has 0 saturated carbocycles. The highest BCUT2D eigenvalue weighted by molar-refractivity contribution is 6.06. The second-order valence-electron chi connectivity index (χ2n) is 14.4. The van der Waals surface area contributed by atoms with Crippen LogP contribution in [-0.2, 0) is 0 Å². The third-order valence-corrected chi connectivity index (χ3v) is 10.9. The van der Waals surface area contributed by atoms with Crippen molar-refractivity contribution in [1.82, 2.24) is 4.98 Å². The minimum atomic E-state index is 0.602. The molecule has 0 atom stereocenters. The Kier molecular flexibility index (Phi) is 7.78. The topological polar surface area (TPSA) is 42.4 Å². The molecule has 2 aromatic heterocycles. The van der Waals surface area contributed by atoms with Crippen molar-refractivity contribution in [1.29, 1.82) is 0 Å². The average molecular weight is 731 g/mol.